The van der Waals surface area contributed by atoms with Gasteiger partial charge < -0.3 is 52.8 Å². The summed E-state index contributed by atoms with van der Waals surface area (Å²) < 4.78 is 47.6. The summed E-state index contributed by atoms with van der Waals surface area (Å²) in [6.07, 6.45) is 0. The van der Waals surface area contributed by atoms with Gasteiger partial charge >= 0.3 is 0 Å². The fourth-order valence-electron chi connectivity index (χ4n) is 2.06. The fourth-order valence-corrected chi connectivity index (χ4v) is 2.06. The molecule has 6 N–H and O–H groups in total. The summed E-state index contributed by atoms with van der Waals surface area (Å²) in [6, 6.07) is 0. The van der Waals surface area contributed by atoms with E-state index in [0.717, 1.165) is 0 Å². The van der Waals surface area contributed by atoms with Crippen LogP contribution in [0.5, 0.6) is 0 Å². The molecular formula is C20H44N2O11. The van der Waals surface area contributed by atoms with Crippen LogP contribution in [0.4, 0.5) is 0 Å². The van der Waals surface area contributed by atoms with Crippen molar-refractivity contribution in [3.63, 3.8) is 0 Å². The molecule has 0 heterocycles. The van der Waals surface area contributed by atoms with E-state index < -0.39 is 5.85 Å². The van der Waals surface area contributed by atoms with Crippen LogP contribution in [0, 0.1) is 0 Å². The lowest BCUT2D eigenvalue weighted by molar-refractivity contribution is -0.0562. The number of aliphatic hydroxyl groups is 2. The molecule has 0 rings (SSSR count). The van der Waals surface area contributed by atoms with Gasteiger partial charge in [-0.1, -0.05) is 0 Å². The molecule has 33 heavy (non-hydrogen) atoms. The second-order valence-electron chi connectivity index (χ2n) is 6.67. The van der Waals surface area contributed by atoms with E-state index in [1.807, 2.05) is 0 Å². The Bertz CT molecular complexity index is 376. The maximum atomic E-state index is 9.04. The van der Waals surface area contributed by atoms with Crippen molar-refractivity contribution in [1.29, 1.82) is 0 Å². The molecule has 0 aromatic rings. The Morgan fingerprint density at radius 3 is 0.818 bits per heavy atom. The van der Waals surface area contributed by atoms with Crippen molar-refractivity contribution in [2.24, 2.45) is 11.5 Å². The topological polar surface area (TPSA) is 176 Å². The van der Waals surface area contributed by atoms with Crippen LogP contribution in [0.25, 0.3) is 0 Å². The molecule has 0 aromatic carbocycles. The van der Waals surface area contributed by atoms with E-state index in [9.17, 15) is 0 Å². The standard InChI is InChI=1S/C20H44N2O11/c21-20(22,24)19-33-18-17-32-16-15-31-14-13-30-12-11-29-10-9-28-8-7-27-6-5-26-4-3-25-2-1-23/h23-24H,1-19,21-22H2. The van der Waals surface area contributed by atoms with Gasteiger partial charge in [0.05, 0.1) is 119 Å². The molecule has 0 radical (unpaired) electrons. The number of hydrogen-bond acceptors (Lipinski definition) is 13. The van der Waals surface area contributed by atoms with Crippen LogP contribution in [-0.2, 0) is 42.6 Å². The van der Waals surface area contributed by atoms with Gasteiger partial charge in [-0.2, -0.15) is 0 Å². The molecule has 0 saturated heterocycles. The van der Waals surface area contributed by atoms with Crippen molar-refractivity contribution < 1.29 is 52.8 Å². The van der Waals surface area contributed by atoms with Crippen LogP contribution in [0.15, 0.2) is 0 Å². The van der Waals surface area contributed by atoms with Gasteiger partial charge in [0, 0.05) is 0 Å². The number of nitrogens with two attached hydrogens (primary N) is 2. The maximum absolute atomic E-state index is 9.04. The van der Waals surface area contributed by atoms with Crippen LogP contribution >= 0.6 is 0 Å². The van der Waals surface area contributed by atoms with Crippen LogP contribution < -0.4 is 11.5 Å². The smallest absolute Gasteiger partial charge is 0.191 e. The highest BCUT2D eigenvalue weighted by molar-refractivity contribution is 4.57. The van der Waals surface area contributed by atoms with Crippen molar-refractivity contribution in [3.05, 3.63) is 0 Å². The van der Waals surface area contributed by atoms with Crippen LogP contribution in [0.2, 0.25) is 0 Å². The summed E-state index contributed by atoms with van der Waals surface area (Å²) in [5, 5.41) is 17.6. The molecule has 0 unspecified atom stereocenters. The van der Waals surface area contributed by atoms with Gasteiger partial charge in [-0.3, -0.25) is 11.5 Å². The summed E-state index contributed by atoms with van der Waals surface area (Å²) in [5.41, 5.74) is 10.3. The third kappa shape index (κ3) is 31.5. The first-order chi connectivity index (χ1) is 16.1. The summed E-state index contributed by atoms with van der Waals surface area (Å²) in [6.45, 7) is 7.60. The second-order valence-corrected chi connectivity index (χ2v) is 6.67. The minimum absolute atomic E-state index is 0.0226. The van der Waals surface area contributed by atoms with Gasteiger partial charge in [0.2, 0.25) is 0 Å². The molecule has 13 nitrogen and oxygen atoms in total. The molecule has 0 aliphatic rings. The lowest BCUT2D eigenvalue weighted by atomic mass is 10.5. The Balaban J connectivity index is 3.03. The number of ether oxygens (including phenoxy) is 9. The zero-order valence-corrected chi connectivity index (χ0v) is 19.7. The second kappa shape index (κ2) is 26.1. The minimum Gasteiger partial charge on any atom is -0.394 e. The Hall–Kier alpha value is -0.520. The zero-order valence-electron chi connectivity index (χ0n) is 19.7. The molecule has 0 aliphatic heterocycles. The highest BCUT2D eigenvalue weighted by Gasteiger charge is 2.12. The highest BCUT2D eigenvalue weighted by atomic mass is 16.6. The molecule has 0 bridgehead atoms. The summed E-state index contributed by atoms with van der Waals surface area (Å²) in [5.74, 6) is -1.81. The van der Waals surface area contributed by atoms with Crippen molar-refractivity contribution in [1.82, 2.24) is 0 Å². The fraction of sp³-hybridized carbons (Fsp3) is 1.00. The van der Waals surface area contributed by atoms with Crippen LogP contribution in [0.3, 0.4) is 0 Å². The quantitative estimate of drug-likeness (QED) is 0.0683. The highest BCUT2D eigenvalue weighted by Crippen LogP contribution is 1.88. The van der Waals surface area contributed by atoms with Crippen molar-refractivity contribution >= 4 is 0 Å². The monoisotopic (exact) mass is 488 g/mol. The molecule has 0 fully saturated rings. The zero-order chi connectivity index (χ0) is 24.3. The number of rotatable bonds is 28. The maximum Gasteiger partial charge on any atom is 0.191 e. The van der Waals surface area contributed by atoms with Gasteiger partial charge in [-0.15, -0.1) is 0 Å². The first-order valence-electron chi connectivity index (χ1n) is 11.2. The molecular weight excluding hydrogens is 444 g/mol. The van der Waals surface area contributed by atoms with E-state index in [1.165, 1.54) is 0 Å². The Morgan fingerprint density at radius 2 is 0.606 bits per heavy atom. The van der Waals surface area contributed by atoms with Gasteiger partial charge in [0.25, 0.3) is 0 Å². The Morgan fingerprint density at radius 1 is 0.394 bits per heavy atom. The van der Waals surface area contributed by atoms with E-state index in [4.69, 9.17) is 64.3 Å². The van der Waals surface area contributed by atoms with Crippen LogP contribution in [0.1, 0.15) is 0 Å². The molecule has 13 heteroatoms. The molecule has 0 amide bonds. The SMILES string of the molecule is NC(N)(O)COCCOCCOCCOCCOCCOCCOCCOCCOCCO. The molecule has 0 aliphatic carbocycles. The van der Waals surface area contributed by atoms with Gasteiger partial charge in [-0.25, -0.2) is 0 Å². The summed E-state index contributed by atoms with van der Waals surface area (Å²) >= 11 is 0. The predicted molar refractivity (Wildman–Crippen MR) is 118 cm³/mol. The van der Waals surface area contributed by atoms with Crippen molar-refractivity contribution in [2.75, 3.05) is 126 Å². The largest absolute Gasteiger partial charge is 0.394 e. The lowest BCUT2D eigenvalue weighted by Gasteiger charge is -2.16. The normalized spacial score (nSPS) is 12.0. The first-order valence-corrected chi connectivity index (χ1v) is 11.2. The van der Waals surface area contributed by atoms with E-state index in [2.05, 4.69) is 0 Å². The van der Waals surface area contributed by atoms with Gasteiger partial charge in [-0.05, 0) is 0 Å². The van der Waals surface area contributed by atoms with Crippen molar-refractivity contribution in [2.45, 2.75) is 5.85 Å². The summed E-state index contributed by atoms with van der Waals surface area (Å²) in [4.78, 5) is 0. The molecule has 0 atom stereocenters. The van der Waals surface area contributed by atoms with E-state index in [0.29, 0.717) is 112 Å². The Labute approximate surface area is 196 Å². The summed E-state index contributed by atoms with van der Waals surface area (Å²) in [7, 11) is 0. The molecule has 200 valence electrons. The van der Waals surface area contributed by atoms with Crippen molar-refractivity contribution in [3.8, 4) is 0 Å². The third-order valence-electron chi connectivity index (χ3n) is 3.54. The van der Waals surface area contributed by atoms with Gasteiger partial charge in [0.1, 0.15) is 6.61 Å². The van der Waals surface area contributed by atoms with Gasteiger partial charge in [0.15, 0.2) is 5.85 Å². The predicted octanol–water partition coefficient (Wildman–Crippen LogP) is -2.31. The average molecular weight is 489 g/mol. The average Bonchev–Trinajstić information content (AvgIpc) is 2.78. The number of aliphatic hydroxyl groups excluding tert-OH is 1. The molecule has 0 aromatic heterocycles. The lowest BCUT2D eigenvalue weighted by Crippen LogP contribution is -2.53. The molecule has 0 saturated carbocycles. The van der Waals surface area contributed by atoms with E-state index in [1.54, 1.807) is 0 Å². The van der Waals surface area contributed by atoms with Crippen LogP contribution in [-0.4, -0.2) is 142 Å². The Kier molecular flexibility index (Phi) is 25.7. The van der Waals surface area contributed by atoms with E-state index in [-0.39, 0.29) is 13.2 Å². The minimum atomic E-state index is -1.81. The molecule has 0 spiro atoms. The van der Waals surface area contributed by atoms with E-state index >= 15 is 0 Å². The third-order valence-corrected chi connectivity index (χ3v) is 3.54. The number of hydrogen-bond donors (Lipinski definition) is 4. The first kappa shape index (κ1) is 32.5.